The molecule has 10 heteroatoms. The van der Waals surface area contributed by atoms with E-state index in [0.717, 1.165) is 11.6 Å². The van der Waals surface area contributed by atoms with Gasteiger partial charge in [0.2, 0.25) is 5.91 Å². The molecule has 3 aromatic carbocycles. The van der Waals surface area contributed by atoms with Gasteiger partial charge < -0.3 is 5.32 Å². The molecule has 0 fully saturated rings. The standard InChI is InChI=1S/C28H27F2N3O4S/c1-18(2)14-26(21-6-4-3-5-7-21)32-28(35)23-15-19(17-31)8-9-20(23)10-13-27(34)33-38(36,37)22-11-12-24(29)25(30)16-22/h3-9,11-12,15-16,18,26H,10,13-14H2,1-2H3,(H,32,35)(H,33,34). The van der Waals surface area contributed by atoms with Gasteiger partial charge in [0.05, 0.1) is 22.6 Å². The van der Waals surface area contributed by atoms with Crippen LogP contribution in [0.5, 0.6) is 0 Å². The molecule has 0 aliphatic carbocycles. The summed E-state index contributed by atoms with van der Waals surface area (Å²) < 4.78 is 53.2. The maximum atomic E-state index is 13.5. The molecule has 0 saturated carbocycles. The molecule has 38 heavy (non-hydrogen) atoms. The Labute approximate surface area is 220 Å². The monoisotopic (exact) mass is 539 g/mol. The van der Waals surface area contributed by atoms with Crippen molar-refractivity contribution in [2.45, 2.75) is 44.0 Å². The van der Waals surface area contributed by atoms with E-state index in [0.29, 0.717) is 24.1 Å². The quantitative estimate of drug-likeness (QED) is 0.384. The van der Waals surface area contributed by atoms with Crippen LogP contribution in [0.15, 0.2) is 71.6 Å². The van der Waals surface area contributed by atoms with Gasteiger partial charge in [-0.25, -0.2) is 21.9 Å². The zero-order valence-corrected chi connectivity index (χ0v) is 21.7. The van der Waals surface area contributed by atoms with Gasteiger partial charge in [0.15, 0.2) is 11.6 Å². The van der Waals surface area contributed by atoms with Crippen LogP contribution in [0.3, 0.4) is 0 Å². The van der Waals surface area contributed by atoms with Gasteiger partial charge in [-0.15, -0.1) is 0 Å². The summed E-state index contributed by atoms with van der Waals surface area (Å²) in [5, 5.41) is 12.4. The van der Waals surface area contributed by atoms with Crippen LogP contribution in [-0.4, -0.2) is 20.2 Å². The minimum atomic E-state index is -4.43. The molecular formula is C28H27F2N3O4S. The number of hydrogen-bond donors (Lipinski definition) is 2. The van der Waals surface area contributed by atoms with Crippen LogP contribution in [0.25, 0.3) is 0 Å². The Morgan fingerprint density at radius 2 is 1.68 bits per heavy atom. The predicted molar refractivity (Wildman–Crippen MR) is 137 cm³/mol. The maximum absolute atomic E-state index is 13.5. The van der Waals surface area contributed by atoms with E-state index in [1.165, 1.54) is 12.1 Å². The molecule has 0 aliphatic rings. The van der Waals surface area contributed by atoms with Gasteiger partial charge in [0.25, 0.3) is 15.9 Å². The highest BCUT2D eigenvalue weighted by Crippen LogP contribution is 2.23. The van der Waals surface area contributed by atoms with Crippen LogP contribution in [0.2, 0.25) is 0 Å². The predicted octanol–water partition coefficient (Wildman–Crippen LogP) is 4.79. The third-order valence-corrected chi connectivity index (χ3v) is 7.14. The molecule has 0 heterocycles. The zero-order chi connectivity index (χ0) is 27.9. The maximum Gasteiger partial charge on any atom is 0.264 e. The lowest BCUT2D eigenvalue weighted by Crippen LogP contribution is -2.32. The van der Waals surface area contributed by atoms with Crippen molar-refractivity contribution in [3.8, 4) is 6.07 Å². The summed E-state index contributed by atoms with van der Waals surface area (Å²) in [4.78, 5) is 25.2. The van der Waals surface area contributed by atoms with E-state index in [4.69, 9.17) is 0 Å². The lowest BCUT2D eigenvalue weighted by Gasteiger charge is -2.22. The fourth-order valence-corrected chi connectivity index (χ4v) is 4.92. The summed E-state index contributed by atoms with van der Waals surface area (Å²) in [7, 11) is -4.43. The molecule has 7 nitrogen and oxygen atoms in total. The fraction of sp³-hybridized carbons (Fsp3) is 0.250. The number of benzene rings is 3. The van der Waals surface area contributed by atoms with E-state index < -0.39 is 38.4 Å². The van der Waals surface area contributed by atoms with Gasteiger partial charge in [-0.3, -0.25) is 9.59 Å². The molecule has 0 aliphatic heterocycles. The van der Waals surface area contributed by atoms with Crippen molar-refractivity contribution in [2.75, 3.05) is 0 Å². The molecular weight excluding hydrogens is 512 g/mol. The van der Waals surface area contributed by atoms with Crippen molar-refractivity contribution in [3.05, 3.63) is 101 Å². The number of rotatable bonds is 10. The minimum Gasteiger partial charge on any atom is -0.345 e. The van der Waals surface area contributed by atoms with Crippen LogP contribution in [-0.2, 0) is 21.2 Å². The highest BCUT2D eigenvalue weighted by atomic mass is 32.2. The topological polar surface area (TPSA) is 116 Å². The molecule has 0 saturated heterocycles. The third-order valence-electron chi connectivity index (χ3n) is 5.77. The van der Waals surface area contributed by atoms with E-state index in [1.807, 2.05) is 55.0 Å². The van der Waals surface area contributed by atoms with Gasteiger partial charge in [-0.2, -0.15) is 5.26 Å². The number of halogens is 2. The number of nitrogens with zero attached hydrogens (tertiary/aromatic N) is 1. The zero-order valence-electron chi connectivity index (χ0n) is 20.9. The molecule has 0 aromatic heterocycles. The number of nitriles is 1. The van der Waals surface area contributed by atoms with Crippen molar-refractivity contribution in [1.82, 2.24) is 10.0 Å². The van der Waals surface area contributed by atoms with Crippen molar-refractivity contribution in [3.63, 3.8) is 0 Å². The molecule has 1 unspecified atom stereocenters. The molecule has 1 atom stereocenters. The van der Waals surface area contributed by atoms with E-state index in [1.54, 1.807) is 6.07 Å². The Bertz CT molecular complexity index is 1470. The average molecular weight is 540 g/mol. The van der Waals surface area contributed by atoms with Crippen LogP contribution in [0, 0.1) is 28.9 Å². The fourth-order valence-electron chi connectivity index (χ4n) is 3.90. The number of sulfonamides is 1. The second kappa shape index (κ2) is 12.4. The summed E-state index contributed by atoms with van der Waals surface area (Å²) >= 11 is 0. The lowest BCUT2D eigenvalue weighted by atomic mass is 9.95. The third kappa shape index (κ3) is 7.46. The van der Waals surface area contributed by atoms with E-state index >= 15 is 0 Å². The largest absolute Gasteiger partial charge is 0.345 e. The van der Waals surface area contributed by atoms with Crippen LogP contribution in [0.1, 0.15) is 59.8 Å². The first-order valence-corrected chi connectivity index (χ1v) is 13.4. The number of amides is 2. The first-order valence-electron chi connectivity index (χ1n) is 11.9. The Kier molecular flexibility index (Phi) is 9.31. The normalized spacial score (nSPS) is 12.0. The number of carbonyl (C=O) groups excluding carboxylic acids is 2. The smallest absolute Gasteiger partial charge is 0.264 e. The molecule has 2 N–H and O–H groups in total. The van der Waals surface area contributed by atoms with Crippen LogP contribution < -0.4 is 10.0 Å². The van der Waals surface area contributed by atoms with Crippen LogP contribution >= 0.6 is 0 Å². The molecule has 198 valence electrons. The minimum absolute atomic E-state index is 0.00617. The molecule has 3 rings (SSSR count). The van der Waals surface area contributed by atoms with Crippen molar-refractivity contribution < 1.29 is 26.8 Å². The van der Waals surface area contributed by atoms with E-state index in [9.17, 15) is 32.0 Å². The SMILES string of the molecule is CC(C)CC(NC(=O)c1cc(C#N)ccc1CCC(=O)NS(=O)(=O)c1ccc(F)c(F)c1)c1ccccc1. The molecule has 0 spiro atoms. The first-order chi connectivity index (χ1) is 18.0. The molecule has 0 bridgehead atoms. The Balaban J connectivity index is 1.77. The highest BCUT2D eigenvalue weighted by Gasteiger charge is 2.22. The number of hydrogen-bond acceptors (Lipinski definition) is 5. The average Bonchev–Trinajstić information content (AvgIpc) is 2.88. The van der Waals surface area contributed by atoms with Crippen molar-refractivity contribution in [2.24, 2.45) is 5.92 Å². The summed E-state index contributed by atoms with van der Waals surface area (Å²) in [6.45, 7) is 4.08. The first kappa shape index (κ1) is 28.5. The molecule has 2 amide bonds. The van der Waals surface area contributed by atoms with Gasteiger partial charge in [0, 0.05) is 12.0 Å². The highest BCUT2D eigenvalue weighted by molar-refractivity contribution is 7.90. The van der Waals surface area contributed by atoms with Gasteiger partial charge in [0.1, 0.15) is 0 Å². The molecule has 0 radical (unpaired) electrons. The van der Waals surface area contributed by atoms with Gasteiger partial charge in [-0.1, -0.05) is 50.2 Å². The second-order valence-corrected chi connectivity index (χ2v) is 10.8. The van der Waals surface area contributed by atoms with Gasteiger partial charge >= 0.3 is 0 Å². The number of nitrogens with one attached hydrogen (secondary N) is 2. The van der Waals surface area contributed by atoms with Crippen molar-refractivity contribution >= 4 is 21.8 Å². The van der Waals surface area contributed by atoms with E-state index in [-0.39, 0.29) is 35.9 Å². The summed E-state index contributed by atoms with van der Waals surface area (Å²) in [6.07, 6.45) is 0.351. The number of aryl methyl sites for hydroxylation is 1. The van der Waals surface area contributed by atoms with Crippen LogP contribution in [0.4, 0.5) is 8.78 Å². The van der Waals surface area contributed by atoms with E-state index in [2.05, 4.69) is 5.32 Å². The lowest BCUT2D eigenvalue weighted by molar-refractivity contribution is -0.119. The summed E-state index contributed by atoms with van der Waals surface area (Å²) in [5.41, 5.74) is 1.82. The second-order valence-electron chi connectivity index (χ2n) is 9.15. The molecule has 3 aromatic rings. The van der Waals surface area contributed by atoms with Gasteiger partial charge in [-0.05, 0) is 60.2 Å². The Hall–Kier alpha value is -4.10. The summed E-state index contributed by atoms with van der Waals surface area (Å²) in [5.74, 6) is -3.62. The Morgan fingerprint density at radius 1 is 0.974 bits per heavy atom. The Morgan fingerprint density at radius 3 is 2.32 bits per heavy atom. The van der Waals surface area contributed by atoms with Crippen molar-refractivity contribution in [1.29, 1.82) is 5.26 Å². The summed E-state index contributed by atoms with van der Waals surface area (Å²) in [6, 6.07) is 17.6. The number of carbonyl (C=O) groups is 2.